The first-order valence-electron chi connectivity index (χ1n) is 6.15. The maximum Gasteiger partial charge on any atom is 0.445 e. The molecule has 1 heterocycles. The van der Waals surface area contributed by atoms with Crippen molar-refractivity contribution in [3.63, 3.8) is 0 Å². The average molecular weight is 331 g/mol. The van der Waals surface area contributed by atoms with Gasteiger partial charge in [0.25, 0.3) is 0 Å². The molecule has 0 atom stereocenters. The van der Waals surface area contributed by atoms with Gasteiger partial charge in [-0.2, -0.15) is 13.2 Å². The molecule has 0 fully saturated rings. The summed E-state index contributed by atoms with van der Waals surface area (Å²) in [6.45, 7) is 0.355. The zero-order valence-corrected chi connectivity index (χ0v) is 12.3. The van der Waals surface area contributed by atoms with Gasteiger partial charge in [0.2, 0.25) is 10.9 Å². The highest BCUT2D eigenvalue weighted by molar-refractivity contribution is 7.14. The Hall–Kier alpha value is -2.00. The van der Waals surface area contributed by atoms with Gasteiger partial charge in [-0.05, 0) is 24.1 Å². The third-order valence-electron chi connectivity index (χ3n) is 2.86. The summed E-state index contributed by atoms with van der Waals surface area (Å²) in [5, 5.41) is 5.80. The lowest BCUT2D eigenvalue weighted by Gasteiger charge is -2.08. The standard InChI is InChI=1S/C13H12F3N3O2S/c1-21-5-4-7-6-8(2-3-9(7)10(17)20)11-18-19-12(22-11)13(14,15)16/h2-3,6H,4-5H2,1H3,(H2,17,20). The van der Waals surface area contributed by atoms with Crippen LogP contribution in [0.1, 0.15) is 20.9 Å². The van der Waals surface area contributed by atoms with E-state index in [0.29, 0.717) is 41.1 Å². The molecular weight excluding hydrogens is 319 g/mol. The Morgan fingerprint density at radius 1 is 1.36 bits per heavy atom. The fourth-order valence-corrected chi connectivity index (χ4v) is 2.55. The van der Waals surface area contributed by atoms with E-state index in [0.717, 1.165) is 0 Å². The molecule has 2 aromatic rings. The summed E-state index contributed by atoms with van der Waals surface area (Å²) in [6, 6.07) is 4.55. The molecule has 1 amide bonds. The molecule has 22 heavy (non-hydrogen) atoms. The van der Waals surface area contributed by atoms with Crippen molar-refractivity contribution in [3.05, 3.63) is 34.3 Å². The second kappa shape index (κ2) is 6.41. The molecule has 1 aromatic heterocycles. The van der Waals surface area contributed by atoms with Gasteiger partial charge in [-0.3, -0.25) is 4.79 Å². The number of amides is 1. The minimum absolute atomic E-state index is 0.127. The fraction of sp³-hybridized carbons (Fsp3) is 0.308. The van der Waals surface area contributed by atoms with E-state index in [4.69, 9.17) is 10.5 Å². The molecule has 2 rings (SSSR count). The highest BCUT2D eigenvalue weighted by atomic mass is 32.1. The van der Waals surface area contributed by atoms with E-state index < -0.39 is 17.1 Å². The maximum absolute atomic E-state index is 12.6. The van der Waals surface area contributed by atoms with Crippen molar-refractivity contribution in [1.82, 2.24) is 10.2 Å². The summed E-state index contributed by atoms with van der Waals surface area (Å²) in [5.41, 5.74) is 6.63. The summed E-state index contributed by atoms with van der Waals surface area (Å²) in [6.07, 6.45) is -4.12. The summed E-state index contributed by atoms with van der Waals surface area (Å²) in [7, 11) is 1.51. The second-order valence-corrected chi connectivity index (χ2v) is 5.37. The van der Waals surface area contributed by atoms with Gasteiger partial charge >= 0.3 is 6.18 Å². The van der Waals surface area contributed by atoms with Crippen molar-refractivity contribution in [2.24, 2.45) is 5.73 Å². The molecule has 0 aliphatic carbocycles. The highest BCUT2D eigenvalue weighted by Crippen LogP contribution is 2.35. The Morgan fingerprint density at radius 2 is 2.09 bits per heavy atom. The molecule has 2 N–H and O–H groups in total. The Bertz CT molecular complexity index is 685. The van der Waals surface area contributed by atoms with Crippen molar-refractivity contribution in [1.29, 1.82) is 0 Å². The van der Waals surface area contributed by atoms with Crippen molar-refractivity contribution >= 4 is 17.2 Å². The third-order valence-corrected chi connectivity index (χ3v) is 3.88. The quantitative estimate of drug-likeness (QED) is 0.913. The van der Waals surface area contributed by atoms with Crippen molar-refractivity contribution in [2.75, 3.05) is 13.7 Å². The summed E-state index contributed by atoms with van der Waals surface area (Å²) in [5.74, 6) is -0.606. The first-order valence-corrected chi connectivity index (χ1v) is 6.97. The number of methoxy groups -OCH3 is 1. The highest BCUT2D eigenvalue weighted by Gasteiger charge is 2.35. The number of rotatable bonds is 5. The van der Waals surface area contributed by atoms with Gasteiger partial charge < -0.3 is 10.5 Å². The van der Waals surface area contributed by atoms with Crippen LogP contribution >= 0.6 is 11.3 Å². The largest absolute Gasteiger partial charge is 0.445 e. The average Bonchev–Trinajstić information content (AvgIpc) is 2.94. The van der Waals surface area contributed by atoms with Crippen molar-refractivity contribution in [3.8, 4) is 10.6 Å². The van der Waals surface area contributed by atoms with Crippen LogP contribution in [-0.2, 0) is 17.3 Å². The molecule has 5 nitrogen and oxygen atoms in total. The van der Waals surface area contributed by atoms with Gasteiger partial charge in [0.05, 0.1) is 6.61 Å². The Kier molecular flexibility index (Phi) is 4.77. The van der Waals surface area contributed by atoms with Crippen LogP contribution in [0.5, 0.6) is 0 Å². The lowest BCUT2D eigenvalue weighted by Crippen LogP contribution is -2.14. The first-order chi connectivity index (χ1) is 10.3. The van der Waals surface area contributed by atoms with Gasteiger partial charge in [-0.25, -0.2) is 0 Å². The molecular formula is C13H12F3N3O2S. The number of benzene rings is 1. The van der Waals surface area contributed by atoms with Gasteiger partial charge in [0.1, 0.15) is 5.01 Å². The Balaban J connectivity index is 2.39. The van der Waals surface area contributed by atoms with E-state index in [2.05, 4.69) is 10.2 Å². The first kappa shape index (κ1) is 16.4. The SMILES string of the molecule is COCCc1cc(-c2nnc(C(F)(F)F)s2)ccc1C(N)=O. The van der Waals surface area contributed by atoms with E-state index in [-0.39, 0.29) is 5.01 Å². The number of aromatic nitrogens is 2. The molecule has 0 spiro atoms. The minimum Gasteiger partial charge on any atom is -0.384 e. The Morgan fingerprint density at radius 3 is 2.64 bits per heavy atom. The smallest absolute Gasteiger partial charge is 0.384 e. The number of alkyl halides is 3. The molecule has 9 heteroatoms. The monoisotopic (exact) mass is 331 g/mol. The predicted molar refractivity (Wildman–Crippen MR) is 74.4 cm³/mol. The van der Waals surface area contributed by atoms with E-state index in [1.165, 1.54) is 19.2 Å². The molecule has 0 aliphatic rings. The van der Waals surface area contributed by atoms with Crippen molar-refractivity contribution < 1.29 is 22.7 Å². The molecule has 118 valence electrons. The van der Waals surface area contributed by atoms with Crippen LogP contribution < -0.4 is 5.73 Å². The third kappa shape index (κ3) is 3.60. The van der Waals surface area contributed by atoms with Crippen LogP contribution in [-0.4, -0.2) is 29.8 Å². The summed E-state index contributed by atoms with van der Waals surface area (Å²) < 4.78 is 42.6. The minimum atomic E-state index is -4.53. The number of halogens is 3. The van der Waals surface area contributed by atoms with Crippen molar-refractivity contribution in [2.45, 2.75) is 12.6 Å². The van der Waals surface area contributed by atoms with E-state index in [9.17, 15) is 18.0 Å². The zero-order chi connectivity index (χ0) is 16.3. The zero-order valence-electron chi connectivity index (χ0n) is 11.5. The van der Waals surface area contributed by atoms with Crippen LogP contribution in [0.3, 0.4) is 0 Å². The van der Waals surface area contributed by atoms with Gasteiger partial charge in [-0.15, -0.1) is 10.2 Å². The summed E-state index contributed by atoms with van der Waals surface area (Å²) >= 11 is 0.445. The Labute approximate surface area is 127 Å². The van der Waals surface area contributed by atoms with Crippen LogP contribution in [0, 0.1) is 0 Å². The maximum atomic E-state index is 12.6. The number of ether oxygens (including phenoxy) is 1. The molecule has 0 saturated carbocycles. The summed E-state index contributed by atoms with van der Waals surface area (Å²) in [4.78, 5) is 11.4. The van der Waals surface area contributed by atoms with Crippen LogP contribution in [0.15, 0.2) is 18.2 Å². The lowest BCUT2D eigenvalue weighted by molar-refractivity contribution is -0.138. The van der Waals surface area contributed by atoms with Crippen LogP contribution in [0.4, 0.5) is 13.2 Å². The van der Waals surface area contributed by atoms with Gasteiger partial charge in [-0.1, -0.05) is 17.4 Å². The predicted octanol–water partition coefficient (Wildman–Crippen LogP) is 2.51. The normalized spacial score (nSPS) is 11.6. The lowest BCUT2D eigenvalue weighted by atomic mass is 10.0. The molecule has 0 unspecified atom stereocenters. The van der Waals surface area contributed by atoms with Gasteiger partial charge in [0, 0.05) is 18.2 Å². The number of nitrogens with two attached hydrogens (primary N) is 1. The number of primary amides is 1. The topological polar surface area (TPSA) is 78.1 Å². The number of carbonyl (C=O) groups is 1. The molecule has 0 radical (unpaired) electrons. The second-order valence-electron chi connectivity index (χ2n) is 4.39. The fourth-order valence-electron chi connectivity index (χ4n) is 1.84. The van der Waals surface area contributed by atoms with E-state index in [1.807, 2.05) is 0 Å². The van der Waals surface area contributed by atoms with E-state index >= 15 is 0 Å². The number of hydrogen-bond donors (Lipinski definition) is 1. The molecule has 1 aromatic carbocycles. The molecule has 0 saturated heterocycles. The van der Waals surface area contributed by atoms with Crippen LogP contribution in [0.2, 0.25) is 0 Å². The number of hydrogen-bond acceptors (Lipinski definition) is 5. The molecule has 0 aliphatic heterocycles. The van der Waals surface area contributed by atoms with Gasteiger partial charge in [0.15, 0.2) is 0 Å². The van der Waals surface area contributed by atoms with E-state index in [1.54, 1.807) is 6.07 Å². The molecule has 0 bridgehead atoms. The van der Waals surface area contributed by atoms with Crippen LogP contribution in [0.25, 0.3) is 10.6 Å². The number of carbonyl (C=O) groups excluding carboxylic acids is 1. The number of nitrogens with zero attached hydrogens (tertiary/aromatic N) is 2.